The molecule has 1 fully saturated rings. The van der Waals surface area contributed by atoms with Crippen molar-refractivity contribution in [2.45, 2.75) is 56.0 Å². The highest BCUT2D eigenvalue weighted by Crippen LogP contribution is 2.36. The van der Waals surface area contributed by atoms with Crippen LogP contribution in [0, 0.1) is 11.6 Å². The van der Waals surface area contributed by atoms with E-state index in [0.29, 0.717) is 25.1 Å². The summed E-state index contributed by atoms with van der Waals surface area (Å²) in [7, 11) is 0. The average molecular weight is 563 g/mol. The molecule has 0 bridgehead atoms. The first kappa shape index (κ1) is 28.8. The van der Waals surface area contributed by atoms with E-state index in [9.17, 15) is 40.6 Å². The molecule has 0 aliphatic carbocycles. The van der Waals surface area contributed by atoms with Crippen LogP contribution in [-0.2, 0) is 0 Å². The Bertz CT molecular complexity index is 1150. The Balaban J connectivity index is 2.09. The molecule has 1 aromatic carbocycles. The molecule has 1 aliphatic heterocycles. The Morgan fingerprint density at radius 3 is 2.30 bits per heavy atom. The van der Waals surface area contributed by atoms with Gasteiger partial charge in [0.05, 0.1) is 17.3 Å². The van der Waals surface area contributed by atoms with Gasteiger partial charge in [-0.05, 0) is 38.1 Å². The topological polar surface area (TPSA) is 95.5 Å². The molecule has 1 saturated heterocycles. The van der Waals surface area contributed by atoms with Crippen LogP contribution in [0.15, 0.2) is 24.3 Å². The quantitative estimate of drug-likeness (QED) is 0.241. The van der Waals surface area contributed by atoms with E-state index in [2.05, 4.69) is 21.2 Å². The SMILES string of the molecule is CC1NNC(Cl)C1NC(=O)c1cc(F)c(-c2ccc(F)c(C(O)C(F)(F)F)n2)cc1OC(C)C(F)(F)F. The minimum Gasteiger partial charge on any atom is -0.480 e. The minimum atomic E-state index is -5.31. The maximum atomic E-state index is 15.1. The Hall–Kier alpha value is -2.75. The maximum Gasteiger partial charge on any atom is 0.425 e. The number of aliphatic hydroxyl groups is 1. The Kier molecular flexibility index (Phi) is 8.22. The molecule has 4 N–H and O–H groups in total. The van der Waals surface area contributed by atoms with Crippen LogP contribution in [0.2, 0.25) is 0 Å². The molecule has 204 valence electrons. The number of aliphatic hydroxyl groups excluding tert-OH is 1. The van der Waals surface area contributed by atoms with Crippen LogP contribution in [-0.4, -0.2) is 52.0 Å². The Morgan fingerprint density at radius 1 is 1.11 bits per heavy atom. The molecule has 7 nitrogen and oxygen atoms in total. The van der Waals surface area contributed by atoms with Crippen LogP contribution in [0.3, 0.4) is 0 Å². The average Bonchev–Trinajstić information content (AvgIpc) is 3.10. The summed E-state index contributed by atoms with van der Waals surface area (Å²) in [6.07, 6.45) is -16.1. The number of alkyl halides is 7. The monoisotopic (exact) mass is 562 g/mol. The van der Waals surface area contributed by atoms with Crippen molar-refractivity contribution < 1.29 is 49.8 Å². The second-order valence-electron chi connectivity index (χ2n) is 8.12. The zero-order chi connectivity index (χ0) is 27.9. The third kappa shape index (κ3) is 6.40. The van der Waals surface area contributed by atoms with E-state index in [-0.39, 0.29) is 0 Å². The van der Waals surface area contributed by atoms with Gasteiger partial charge >= 0.3 is 12.4 Å². The van der Waals surface area contributed by atoms with Crippen molar-refractivity contribution in [1.29, 1.82) is 0 Å². The van der Waals surface area contributed by atoms with E-state index in [1.54, 1.807) is 6.92 Å². The fourth-order valence-electron chi connectivity index (χ4n) is 3.31. The van der Waals surface area contributed by atoms with Crippen LogP contribution < -0.4 is 20.9 Å². The zero-order valence-electron chi connectivity index (χ0n) is 18.8. The van der Waals surface area contributed by atoms with Gasteiger partial charge in [-0.3, -0.25) is 10.2 Å². The first-order valence-corrected chi connectivity index (χ1v) is 10.9. The number of halogens is 9. The van der Waals surface area contributed by atoms with Crippen molar-refractivity contribution in [3.05, 3.63) is 47.2 Å². The largest absolute Gasteiger partial charge is 0.480 e. The minimum absolute atomic E-state index is 0.434. The van der Waals surface area contributed by atoms with Gasteiger partial charge in [0.15, 0.2) is 12.2 Å². The van der Waals surface area contributed by atoms with Gasteiger partial charge in [0, 0.05) is 11.6 Å². The number of hydrogen-bond acceptors (Lipinski definition) is 6. The summed E-state index contributed by atoms with van der Waals surface area (Å²) in [6.45, 7) is 2.24. The molecule has 1 aromatic heterocycles. The first-order valence-electron chi connectivity index (χ1n) is 10.4. The van der Waals surface area contributed by atoms with Crippen LogP contribution >= 0.6 is 11.6 Å². The highest BCUT2D eigenvalue weighted by atomic mass is 35.5. The highest BCUT2D eigenvalue weighted by molar-refractivity contribution is 6.21. The number of carbonyl (C=O) groups excluding carboxylic acids is 1. The molecule has 37 heavy (non-hydrogen) atoms. The number of nitrogens with one attached hydrogen (secondary N) is 3. The van der Waals surface area contributed by atoms with E-state index < -0.39 is 88.0 Å². The fraction of sp³-hybridized carbons (Fsp3) is 0.429. The van der Waals surface area contributed by atoms with Gasteiger partial charge in [-0.15, -0.1) is 11.6 Å². The van der Waals surface area contributed by atoms with Gasteiger partial charge < -0.3 is 15.2 Å². The van der Waals surface area contributed by atoms with Gasteiger partial charge in [0.25, 0.3) is 5.91 Å². The number of benzene rings is 1. The van der Waals surface area contributed by atoms with Crippen molar-refractivity contribution in [2.24, 2.45) is 0 Å². The number of rotatable bonds is 6. The van der Waals surface area contributed by atoms with Crippen molar-refractivity contribution in [3.63, 3.8) is 0 Å². The summed E-state index contributed by atoms with van der Waals surface area (Å²) in [5.41, 5.74) is 0.956. The molecular formula is C21H19ClF8N4O3. The number of amides is 1. The lowest BCUT2D eigenvalue weighted by Crippen LogP contribution is -2.45. The molecular weight excluding hydrogens is 544 g/mol. The normalized spacial score (nSPS) is 22.0. The standard InChI is InChI=1S/C21H19ClF8N4O3/c1-7-15(18(22)34-33-7)32-19(36)10-5-12(24)9(6-14(10)37-8(2)20(25,26)27)13-4-3-11(23)16(31-13)17(35)21(28,29)30/h3-8,15,17-18,33-35H,1-2H3,(H,32,36). The molecule has 5 atom stereocenters. The number of ether oxygens (including phenoxy) is 1. The molecule has 1 amide bonds. The molecule has 3 rings (SSSR count). The number of hydrazine groups is 1. The number of nitrogens with zero attached hydrogens (tertiary/aromatic N) is 1. The van der Waals surface area contributed by atoms with E-state index >= 15 is 4.39 Å². The molecule has 16 heteroatoms. The van der Waals surface area contributed by atoms with Gasteiger partial charge in [-0.1, -0.05) is 0 Å². The highest BCUT2D eigenvalue weighted by Gasteiger charge is 2.42. The fourth-order valence-corrected chi connectivity index (χ4v) is 3.65. The lowest BCUT2D eigenvalue weighted by molar-refractivity contribution is -0.208. The van der Waals surface area contributed by atoms with Crippen molar-refractivity contribution in [3.8, 4) is 17.0 Å². The van der Waals surface area contributed by atoms with Gasteiger partial charge in [-0.2, -0.15) is 26.3 Å². The maximum absolute atomic E-state index is 15.1. The lowest BCUT2D eigenvalue weighted by Gasteiger charge is -2.23. The molecule has 1 aliphatic rings. The second kappa shape index (κ2) is 10.6. The number of pyridine rings is 1. The molecule has 2 aromatic rings. The number of carbonyl (C=O) groups is 1. The first-order chi connectivity index (χ1) is 17.0. The van der Waals surface area contributed by atoms with E-state index in [1.807, 2.05) is 0 Å². The Labute approximate surface area is 209 Å². The molecule has 0 saturated carbocycles. The predicted molar refractivity (Wildman–Crippen MR) is 113 cm³/mol. The van der Waals surface area contributed by atoms with Crippen molar-refractivity contribution in [2.75, 3.05) is 0 Å². The van der Waals surface area contributed by atoms with E-state index in [0.717, 1.165) is 6.07 Å². The molecule has 0 spiro atoms. The van der Waals surface area contributed by atoms with Crippen molar-refractivity contribution in [1.82, 2.24) is 21.2 Å². The predicted octanol–water partition coefficient (Wildman–Crippen LogP) is 4.11. The summed E-state index contributed by atoms with van der Waals surface area (Å²) >= 11 is 6.03. The van der Waals surface area contributed by atoms with Crippen LogP contribution in [0.4, 0.5) is 35.1 Å². The van der Waals surface area contributed by atoms with Gasteiger partial charge in [0.2, 0.25) is 0 Å². The van der Waals surface area contributed by atoms with E-state index in [1.165, 1.54) is 0 Å². The lowest BCUT2D eigenvalue weighted by atomic mass is 10.0. The third-order valence-electron chi connectivity index (χ3n) is 5.40. The number of aromatic nitrogens is 1. The van der Waals surface area contributed by atoms with Crippen LogP contribution in [0.1, 0.15) is 36.0 Å². The summed E-state index contributed by atoms with van der Waals surface area (Å²) in [5.74, 6) is -4.72. The van der Waals surface area contributed by atoms with Crippen LogP contribution in [0.25, 0.3) is 11.3 Å². The molecule has 0 radical (unpaired) electrons. The summed E-state index contributed by atoms with van der Waals surface area (Å²) in [4.78, 5) is 16.2. The van der Waals surface area contributed by atoms with Gasteiger partial charge in [0.1, 0.15) is 28.6 Å². The van der Waals surface area contributed by atoms with Gasteiger partial charge in [-0.25, -0.2) is 19.2 Å². The van der Waals surface area contributed by atoms with Crippen molar-refractivity contribution >= 4 is 17.5 Å². The Morgan fingerprint density at radius 2 is 1.76 bits per heavy atom. The smallest absolute Gasteiger partial charge is 0.425 e. The molecule has 5 unspecified atom stereocenters. The molecule has 2 heterocycles. The third-order valence-corrected chi connectivity index (χ3v) is 5.78. The van der Waals surface area contributed by atoms with Crippen LogP contribution in [0.5, 0.6) is 5.75 Å². The summed E-state index contributed by atoms with van der Waals surface area (Å²) < 4.78 is 112. The zero-order valence-corrected chi connectivity index (χ0v) is 19.6. The van der Waals surface area contributed by atoms with E-state index in [4.69, 9.17) is 16.3 Å². The summed E-state index contributed by atoms with van der Waals surface area (Å²) in [5, 5.41) is 11.8. The summed E-state index contributed by atoms with van der Waals surface area (Å²) in [6, 6.07) is 1.10. The number of hydrogen-bond donors (Lipinski definition) is 4. The second-order valence-corrected chi connectivity index (χ2v) is 8.59.